The molecule has 2 aliphatic heterocycles. The Balaban J connectivity index is 0.000000963. The number of hydrogen-bond acceptors (Lipinski definition) is 3. The second-order valence-corrected chi connectivity index (χ2v) is 4.29. The van der Waals surface area contributed by atoms with Gasteiger partial charge in [0.2, 0.25) is 0 Å². The molecule has 0 radical (unpaired) electrons. The number of benzene rings is 1. The summed E-state index contributed by atoms with van der Waals surface area (Å²) in [5, 5.41) is 4.07. The number of rotatable bonds is 1. The van der Waals surface area contributed by atoms with E-state index >= 15 is 0 Å². The van der Waals surface area contributed by atoms with E-state index in [1.54, 1.807) is 0 Å². The minimum Gasteiger partial charge on any atom is -0.354 e. The van der Waals surface area contributed by atoms with Crippen LogP contribution in [0.4, 0.5) is 0 Å². The Labute approximate surface area is 106 Å². The van der Waals surface area contributed by atoms with Crippen molar-refractivity contribution in [1.82, 2.24) is 10.2 Å². The molecule has 1 N–H and O–H groups in total. The summed E-state index contributed by atoms with van der Waals surface area (Å²) < 4.78 is 0. The lowest BCUT2D eigenvalue weighted by Crippen LogP contribution is -2.28. The highest BCUT2D eigenvalue weighted by Crippen LogP contribution is 2.28. The van der Waals surface area contributed by atoms with Crippen LogP contribution in [0.5, 0.6) is 0 Å². The molecule has 0 bridgehead atoms. The maximum Gasteiger partial charge on any atom is 0.194 e. The number of aliphatic imine (C=N–C) groups is 1. The SMILES string of the molecule is Cl.Clc1cccc(C2CN=C3NCCN32)c1. The number of hydrogen-bond donors (Lipinski definition) is 1. The predicted molar refractivity (Wildman–Crippen MR) is 68.5 cm³/mol. The van der Waals surface area contributed by atoms with Gasteiger partial charge in [0.05, 0.1) is 12.6 Å². The second-order valence-electron chi connectivity index (χ2n) is 3.86. The van der Waals surface area contributed by atoms with E-state index in [1.165, 1.54) is 5.56 Å². The molecule has 3 rings (SSSR count). The fraction of sp³-hybridized carbons (Fsp3) is 0.364. The summed E-state index contributed by atoms with van der Waals surface area (Å²) in [6.45, 7) is 2.87. The lowest BCUT2D eigenvalue weighted by molar-refractivity contribution is 0.381. The molecule has 1 saturated heterocycles. The van der Waals surface area contributed by atoms with Gasteiger partial charge in [-0.15, -0.1) is 12.4 Å². The van der Waals surface area contributed by atoms with Crippen molar-refractivity contribution in [1.29, 1.82) is 0 Å². The number of nitrogens with one attached hydrogen (secondary N) is 1. The summed E-state index contributed by atoms with van der Waals surface area (Å²) in [6, 6.07) is 8.42. The monoisotopic (exact) mass is 257 g/mol. The maximum absolute atomic E-state index is 5.99. The molecule has 1 unspecified atom stereocenters. The highest BCUT2D eigenvalue weighted by Gasteiger charge is 2.31. The van der Waals surface area contributed by atoms with Crippen LogP contribution in [-0.4, -0.2) is 30.5 Å². The quantitative estimate of drug-likeness (QED) is 0.835. The Morgan fingerprint density at radius 3 is 3.12 bits per heavy atom. The molecule has 5 heteroatoms. The molecule has 1 aromatic carbocycles. The smallest absolute Gasteiger partial charge is 0.194 e. The van der Waals surface area contributed by atoms with Crippen molar-refractivity contribution in [2.75, 3.05) is 19.6 Å². The summed E-state index contributed by atoms with van der Waals surface area (Å²) in [5.74, 6) is 1.04. The first-order chi connectivity index (χ1) is 7.34. The van der Waals surface area contributed by atoms with Crippen LogP contribution < -0.4 is 5.32 Å². The molecule has 86 valence electrons. The molecule has 2 heterocycles. The number of fused-ring (bicyclic) bond motifs is 1. The molecule has 3 nitrogen and oxygen atoms in total. The van der Waals surface area contributed by atoms with Crippen LogP contribution in [0.15, 0.2) is 29.3 Å². The topological polar surface area (TPSA) is 27.6 Å². The van der Waals surface area contributed by atoms with Gasteiger partial charge in [-0.3, -0.25) is 4.99 Å². The lowest BCUT2D eigenvalue weighted by atomic mass is 10.1. The Kier molecular flexibility index (Phi) is 3.26. The first kappa shape index (κ1) is 11.6. The fourth-order valence-electron chi connectivity index (χ4n) is 2.22. The van der Waals surface area contributed by atoms with Gasteiger partial charge >= 0.3 is 0 Å². The third-order valence-electron chi connectivity index (χ3n) is 2.93. The van der Waals surface area contributed by atoms with Gasteiger partial charge in [0, 0.05) is 18.1 Å². The van der Waals surface area contributed by atoms with Gasteiger partial charge in [0.25, 0.3) is 0 Å². The van der Waals surface area contributed by atoms with Crippen molar-refractivity contribution in [3.8, 4) is 0 Å². The minimum absolute atomic E-state index is 0. The van der Waals surface area contributed by atoms with Gasteiger partial charge in [0.1, 0.15) is 0 Å². The molecule has 1 atom stereocenters. The van der Waals surface area contributed by atoms with Gasteiger partial charge in [-0.05, 0) is 17.7 Å². The summed E-state index contributed by atoms with van der Waals surface area (Å²) in [5.41, 5.74) is 1.25. The average Bonchev–Trinajstić information content (AvgIpc) is 2.77. The molecule has 1 fully saturated rings. The van der Waals surface area contributed by atoms with Gasteiger partial charge < -0.3 is 10.2 Å². The molecule has 0 aliphatic carbocycles. The van der Waals surface area contributed by atoms with E-state index in [0.29, 0.717) is 6.04 Å². The third kappa shape index (κ3) is 1.85. The van der Waals surface area contributed by atoms with Crippen LogP contribution in [0.3, 0.4) is 0 Å². The van der Waals surface area contributed by atoms with Gasteiger partial charge in [-0.2, -0.15) is 0 Å². The molecule has 2 aliphatic rings. The summed E-state index contributed by atoms with van der Waals surface area (Å²) in [7, 11) is 0. The van der Waals surface area contributed by atoms with Gasteiger partial charge in [-0.1, -0.05) is 23.7 Å². The zero-order valence-corrected chi connectivity index (χ0v) is 10.3. The van der Waals surface area contributed by atoms with Crippen LogP contribution in [0, 0.1) is 0 Å². The summed E-state index contributed by atoms with van der Waals surface area (Å²) >= 11 is 5.99. The molecule has 0 spiro atoms. The highest BCUT2D eigenvalue weighted by atomic mass is 35.5. The molecule has 0 saturated carbocycles. The summed E-state index contributed by atoms with van der Waals surface area (Å²) in [6.07, 6.45) is 0. The maximum atomic E-state index is 5.99. The van der Waals surface area contributed by atoms with Crippen molar-refractivity contribution in [3.05, 3.63) is 34.9 Å². The fourth-order valence-corrected chi connectivity index (χ4v) is 2.42. The van der Waals surface area contributed by atoms with Crippen molar-refractivity contribution >= 4 is 30.0 Å². The Morgan fingerprint density at radius 1 is 1.44 bits per heavy atom. The molecule has 0 amide bonds. The van der Waals surface area contributed by atoms with E-state index in [2.05, 4.69) is 21.3 Å². The number of halogens is 2. The van der Waals surface area contributed by atoms with E-state index in [-0.39, 0.29) is 12.4 Å². The zero-order valence-electron chi connectivity index (χ0n) is 8.69. The normalized spacial score (nSPS) is 22.2. The van der Waals surface area contributed by atoms with E-state index in [9.17, 15) is 0 Å². The zero-order chi connectivity index (χ0) is 10.3. The van der Waals surface area contributed by atoms with Crippen LogP contribution >= 0.6 is 24.0 Å². The first-order valence-electron chi connectivity index (χ1n) is 5.15. The Hall–Kier alpha value is -0.930. The highest BCUT2D eigenvalue weighted by molar-refractivity contribution is 6.30. The molecule has 16 heavy (non-hydrogen) atoms. The Morgan fingerprint density at radius 2 is 2.31 bits per heavy atom. The van der Waals surface area contributed by atoms with Crippen molar-refractivity contribution in [3.63, 3.8) is 0 Å². The molecular formula is C11H13Cl2N3. The van der Waals surface area contributed by atoms with Crippen LogP contribution in [0.1, 0.15) is 11.6 Å². The first-order valence-corrected chi connectivity index (χ1v) is 5.53. The molecule has 1 aromatic rings. The molecule has 0 aromatic heterocycles. The van der Waals surface area contributed by atoms with Gasteiger partial charge in [0.15, 0.2) is 5.96 Å². The van der Waals surface area contributed by atoms with E-state index < -0.39 is 0 Å². The van der Waals surface area contributed by atoms with E-state index in [1.807, 2.05) is 18.2 Å². The standard InChI is InChI=1S/C11H12ClN3.ClH/c12-9-3-1-2-8(6-9)10-7-14-11-13-4-5-15(10)11;/h1-3,6,10H,4-5,7H2,(H,13,14);1H. The van der Waals surface area contributed by atoms with Crippen molar-refractivity contribution in [2.24, 2.45) is 4.99 Å². The van der Waals surface area contributed by atoms with Crippen molar-refractivity contribution < 1.29 is 0 Å². The number of guanidine groups is 1. The largest absolute Gasteiger partial charge is 0.354 e. The van der Waals surface area contributed by atoms with Crippen LogP contribution in [-0.2, 0) is 0 Å². The minimum atomic E-state index is 0. The number of nitrogens with zero attached hydrogens (tertiary/aromatic N) is 2. The molecular weight excluding hydrogens is 245 g/mol. The lowest BCUT2D eigenvalue weighted by Gasteiger charge is -2.21. The van der Waals surface area contributed by atoms with Crippen LogP contribution in [0.25, 0.3) is 0 Å². The predicted octanol–water partition coefficient (Wildman–Crippen LogP) is 2.08. The van der Waals surface area contributed by atoms with Crippen LogP contribution in [0.2, 0.25) is 5.02 Å². The van der Waals surface area contributed by atoms with E-state index in [0.717, 1.165) is 30.6 Å². The van der Waals surface area contributed by atoms with Gasteiger partial charge in [-0.25, -0.2) is 0 Å². The Bertz CT molecular complexity index is 419. The van der Waals surface area contributed by atoms with Crippen molar-refractivity contribution in [2.45, 2.75) is 6.04 Å². The second kappa shape index (κ2) is 4.52. The summed E-state index contributed by atoms with van der Waals surface area (Å²) in [4.78, 5) is 6.78. The van der Waals surface area contributed by atoms with E-state index in [4.69, 9.17) is 11.6 Å². The third-order valence-corrected chi connectivity index (χ3v) is 3.17. The average molecular weight is 258 g/mol.